The second kappa shape index (κ2) is 7.99. The number of aromatic nitrogens is 3. The average molecular weight is 353 g/mol. The van der Waals surface area contributed by atoms with Gasteiger partial charge in [-0.15, -0.1) is 10.2 Å². The predicted octanol–water partition coefficient (Wildman–Crippen LogP) is 2.53. The zero-order valence-corrected chi connectivity index (χ0v) is 15.3. The Morgan fingerprint density at radius 1 is 0.962 bits per heavy atom. The van der Waals surface area contributed by atoms with E-state index in [0.29, 0.717) is 12.1 Å². The van der Waals surface area contributed by atoms with Gasteiger partial charge in [0.15, 0.2) is 5.82 Å². The molecule has 2 aliphatic rings. The van der Waals surface area contributed by atoms with Gasteiger partial charge in [-0.05, 0) is 56.5 Å². The molecule has 3 heterocycles. The van der Waals surface area contributed by atoms with Crippen LogP contribution in [0, 0.1) is 0 Å². The summed E-state index contributed by atoms with van der Waals surface area (Å²) >= 11 is 0. The number of piperidine rings is 1. The van der Waals surface area contributed by atoms with Crippen molar-refractivity contribution < 1.29 is 4.79 Å². The molecule has 1 N–H and O–H groups in total. The number of amides is 1. The van der Waals surface area contributed by atoms with Crippen LogP contribution in [0.2, 0.25) is 0 Å². The molecule has 2 aliphatic heterocycles. The summed E-state index contributed by atoms with van der Waals surface area (Å²) in [6, 6.07) is 7.99. The quantitative estimate of drug-likeness (QED) is 0.897. The SMILES string of the molecule is O=C(NCc1nnc2n1CCCC2)c1ccc(CN2CCCCC2)cc1. The van der Waals surface area contributed by atoms with Crippen LogP contribution in [-0.4, -0.2) is 38.7 Å². The number of carbonyl (C=O) groups excluding carboxylic acids is 1. The number of hydrogen-bond donors (Lipinski definition) is 1. The molecule has 0 aliphatic carbocycles. The van der Waals surface area contributed by atoms with Crippen molar-refractivity contribution in [2.45, 2.75) is 58.2 Å². The second-order valence-corrected chi connectivity index (χ2v) is 7.36. The molecule has 26 heavy (non-hydrogen) atoms. The van der Waals surface area contributed by atoms with Crippen molar-refractivity contribution in [2.75, 3.05) is 13.1 Å². The predicted molar refractivity (Wildman–Crippen MR) is 99.7 cm³/mol. The molecule has 0 bridgehead atoms. The number of rotatable bonds is 5. The number of nitrogens with zero attached hydrogens (tertiary/aromatic N) is 4. The first-order chi connectivity index (χ1) is 12.8. The maximum Gasteiger partial charge on any atom is 0.251 e. The first-order valence-electron chi connectivity index (χ1n) is 9.80. The van der Waals surface area contributed by atoms with E-state index in [9.17, 15) is 4.79 Å². The van der Waals surface area contributed by atoms with Crippen molar-refractivity contribution in [3.63, 3.8) is 0 Å². The van der Waals surface area contributed by atoms with Crippen LogP contribution in [0.5, 0.6) is 0 Å². The van der Waals surface area contributed by atoms with Crippen molar-refractivity contribution in [1.29, 1.82) is 0 Å². The van der Waals surface area contributed by atoms with E-state index in [0.717, 1.165) is 37.6 Å². The largest absolute Gasteiger partial charge is 0.345 e. The van der Waals surface area contributed by atoms with Crippen LogP contribution in [0.4, 0.5) is 0 Å². The summed E-state index contributed by atoms with van der Waals surface area (Å²) in [5.41, 5.74) is 1.97. The van der Waals surface area contributed by atoms with E-state index in [1.165, 1.54) is 44.3 Å². The highest BCUT2D eigenvalue weighted by atomic mass is 16.1. The molecule has 0 unspecified atom stereocenters. The first-order valence-corrected chi connectivity index (χ1v) is 9.80. The molecule has 0 radical (unpaired) electrons. The summed E-state index contributed by atoms with van der Waals surface area (Å²) in [5.74, 6) is 1.85. The van der Waals surface area contributed by atoms with Crippen LogP contribution < -0.4 is 5.32 Å². The van der Waals surface area contributed by atoms with Gasteiger partial charge in [-0.25, -0.2) is 0 Å². The van der Waals surface area contributed by atoms with E-state index in [-0.39, 0.29) is 5.91 Å². The lowest BCUT2D eigenvalue weighted by Crippen LogP contribution is -2.29. The zero-order chi connectivity index (χ0) is 17.8. The van der Waals surface area contributed by atoms with Crippen molar-refractivity contribution in [3.05, 3.63) is 47.0 Å². The minimum absolute atomic E-state index is 0.0531. The number of benzene rings is 1. The smallest absolute Gasteiger partial charge is 0.251 e. The highest BCUT2D eigenvalue weighted by Gasteiger charge is 2.16. The maximum absolute atomic E-state index is 12.4. The first kappa shape index (κ1) is 17.2. The Balaban J connectivity index is 1.32. The summed E-state index contributed by atoms with van der Waals surface area (Å²) in [5, 5.41) is 11.4. The van der Waals surface area contributed by atoms with Gasteiger partial charge < -0.3 is 9.88 Å². The molecule has 6 nitrogen and oxygen atoms in total. The molecule has 1 saturated heterocycles. The van der Waals surface area contributed by atoms with Gasteiger partial charge in [-0.2, -0.15) is 0 Å². The topological polar surface area (TPSA) is 63.1 Å². The van der Waals surface area contributed by atoms with Gasteiger partial charge in [0.2, 0.25) is 0 Å². The van der Waals surface area contributed by atoms with E-state index in [4.69, 9.17) is 0 Å². The summed E-state index contributed by atoms with van der Waals surface area (Å²) in [7, 11) is 0. The Hall–Kier alpha value is -2.21. The Labute approximate surface area is 154 Å². The van der Waals surface area contributed by atoms with E-state index in [1.54, 1.807) is 0 Å². The third kappa shape index (κ3) is 3.96. The molecule has 1 aromatic carbocycles. The molecule has 6 heteroatoms. The van der Waals surface area contributed by atoms with Crippen LogP contribution in [-0.2, 0) is 26.1 Å². The van der Waals surface area contributed by atoms with Crippen molar-refractivity contribution >= 4 is 5.91 Å². The van der Waals surface area contributed by atoms with Crippen molar-refractivity contribution in [1.82, 2.24) is 25.0 Å². The lowest BCUT2D eigenvalue weighted by molar-refractivity contribution is 0.0949. The van der Waals surface area contributed by atoms with E-state index in [2.05, 4.69) is 37.1 Å². The number of aryl methyl sites for hydroxylation is 1. The molecule has 2 aromatic rings. The molecular formula is C20H27N5O. The van der Waals surface area contributed by atoms with Crippen LogP contribution in [0.15, 0.2) is 24.3 Å². The Kier molecular flexibility index (Phi) is 5.29. The third-order valence-corrected chi connectivity index (χ3v) is 5.41. The van der Waals surface area contributed by atoms with E-state index < -0.39 is 0 Å². The fraction of sp³-hybridized carbons (Fsp3) is 0.550. The molecule has 0 saturated carbocycles. The summed E-state index contributed by atoms with van der Waals surface area (Å²) in [6.07, 6.45) is 7.27. The molecule has 1 fully saturated rings. The lowest BCUT2D eigenvalue weighted by atomic mass is 10.1. The lowest BCUT2D eigenvalue weighted by Gasteiger charge is -2.26. The highest BCUT2D eigenvalue weighted by molar-refractivity contribution is 5.94. The number of carbonyl (C=O) groups is 1. The second-order valence-electron chi connectivity index (χ2n) is 7.36. The van der Waals surface area contributed by atoms with Gasteiger partial charge in [0.05, 0.1) is 6.54 Å². The van der Waals surface area contributed by atoms with Gasteiger partial charge in [-0.3, -0.25) is 9.69 Å². The molecule has 0 atom stereocenters. The standard InChI is InChI=1S/C20H27N5O/c26-20(21-14-19-23-22-18-6-2-5-13-25(18)19)17-9-7-16(8-10-17)15-24-11-3-1-4-12-24/h7-10H,1-6,11-15H2,(H,21,26). The van der Waals surface area contributed by atoms with Crippen molar-refractivity contribution in [2.24, 2.45) is 0 Å². The van der Waals surface area contributed by atoms with E-state index >= 15 is 0 Å². The number of likely N-dealkylation sites (tertiary alicyclic amines) is 1. The summed E-state index contributed by atoms with van der Waals surface area (Å²) in [6.45, 7) is 4.74. The van der Waals surface area contributed by atoms with Crippen LogP contribution >= 0.6 is 0 Å². The number of nitrogens with one attached hydrogen (secondary N) is 1. The zero-order valence-electron chi connectivity index (χ0n) is 15.3. The fourth-order valence-corrected chi connectivity index (χ4v) is 3.90. The minimum Gasteiger partial charge on any atom is -0.345 e. The molecule has 1 amide bonds. The third-order valence-electron chi connectivity index (χ3n) is 5.41. The normalized spacial score (nSPS) is 17.7. The number of fused-ring (bicyclic) bond motifs is 1. The maximum atomic E-state index is 12.4. The Morgan fingerprint density at radius 3 is 2.54 bits per heavy atom. The molecule has 4 rings (SSSR count). The van der Waals surface area contributed by atoms with Crippen LogP contribution in [0.3, 0.4) is 0 Å². The average Bonchev–Trinajstić information content (AvgIpc) is 3.11. The van der Waals surface area contributed by atoms with Crippen LogP contribution in [0.1, 0.15) is 59.7 Å². The Morgan fingerprint density at radius 2 is 1.73 bits per heavy atom. The van der Waals surface area contributed by atoms with Gasteiger partial charge >= 0.3 is 0 Å². The molecule has 1 aromatic heterocycles. The number of hydrogen-bond acceptors (Lipinski definition) is 4. The van der Waals surface area contributed by atoms with Gasteiger partial charge in [-0.1, -0.05) is 18.6 Å². The highest BCUT2D eigenvalue weighted by Crippen LogP contribution is 2.15. The monoisotopic (exact) mass is 353 g/mol. The molecular weight excluding hydrogens is 326 g/mol. The molecule has 138 valence electrons. The molecule has 0 spiro atoms. The minimum atomic E-state index is -0.0531. The van der Waals surface area contributed by atoms with E-state index in [1.807, 2.05) is 12.1 Å². The summed E-state index contributed by atoms with van der Waals surface area (Å²) in [4.78, 5) is 14.9. The van der Waals surface area contributed by atoms with Gasteiger partial charge in [0.25, 0.3) is 5.91 Å². The van der Waals surface area contributed by atoms with Gasteiger partial charge in [0.1, 0.15) is 5.82 Å². The van der Waals surface area contributed by atoms with Crippen molar-refractivity contribution in [3.8, 4) is 0 Å². The fourth-order valence-electron chi connectivity index (χ4n) is 3.90. The summed E-state index contributed by atoms with van der Waals surface area (Å²) < 4.78 is 2.14. The van der Waals surface area contributed by atoms with Crippen LogP contribution in [0.25, 0.3) is 0 Å². The van der Waals surface area contributed by atoms with Gasteiger partial charge in [0, 0.05) is 25.1 Å². The Bertz CT molecular complexity index is 746.